The fourth-order valence-corrected chi connectivity index (χ4v) is 2.79. The van der Waals surface area contributed by atoms with Crippen LogP contribution in [0.2, 0.25) is 0 Å². The molecule has 29 heavy (non-hydrogen) atoms. The number of pyridine rings is 1. The van der Waals surface area contributed by atoms with E-state index >= 15 is 0 Å². The third kappa shape index (κ3) is 5.65. The number of hydrogen-bond acceptors (Lipinski definition) is 4. The van der Waals surface area contributed by atoms with Gasteiger partial charge in [0.05, 0.1) is 0 Å². The Balaban J connectivity index is 1.66. The van der Waals surface area contributed by atoms with Crippen LogP contribution in [0.25, 0.3) is 0 Å². The Morgan fingerprint density at radius 1 is 0.793 bits per heavy atom. The van der Waals surface area contributed by atoms with Crippen LogP contribution in [0.4, 0.5) is 22.7 Å². The molecular weight excluding hydrogens is 364 g/mol. The van der Waals surface area contributed by atoms with Crippen molar-refractivity contribution in [3.05, 3.63) is 78.1 Å². The Morgan fingerprint density at radius 2 is 1.38 bits per heavy atom. The maximum atomic E-state index is 12.5. The molecule has 1 aromatic heterocycles. The molecular formula is C23H24N4O2. The predicted molar refractivity (Wildman–Crippen MR) is 117 cm³/mol. The number of aromatic nitrogens is 1. The molecule has 148 valence electrons. The highest BCUT2D eigenvalue weighted by atomic mass is 16.2. The largest absolute Gasteiger partial charge is 0.355 e. The summed E-state index contributed by atoms with van der Waals surface area (Å²) in [6.07, 6.45) is 1.60. The van der Waals surface area contributed by atoms with E-state index in [1.54, 1.807) is 36.5 Å². The first-order valence-corrected chi connectivity index (χ1v) is 9.43. The summed E-state index contributed by atoms with van der Waals surface area (Å²) in [7, 11) is 0. The van der Waals surface area contributed by atoms with Crippen LogP contribution in [-0.2, 0) is 4.79 Å². The minimum Gasteiger partial charge on any atom is -0.355 e. The molecule has 0 aliphatic carbocycles. The Kier molecular flexibility index (Phi) is 6.24. The molecule has 3 N–H and O–H groups in total. The summed E-state index contributed by atoms with van der Waals surface area (Å²) in [6, 6.07) is 18.6. The van der Waals surface area contributed by atoms with E-state index in [1.165, 1.54) is 12.5 Å². The summed E-state index contributed by atoms with van der Waals surface area (Å²) in [5.74, 6) is 0.0258. The van der Waals surface area contributed by atoms with E-state index < -0.39 is 0 Å². The fourth-order valence-electron chi connectivity index (χ4n) is 2.79. The molecule has 0 spiro atoms. The van der Waals surface area contributed by atoms with Crippen LogP contribution in [-0.4, -0.2) is 16.8 Å². The average Bonchev–Trinajstić information content (AvgIpc) is 2.70. The van der Waals surface area contributed by atoms with Crippen molar-refractivity contribution < 1.29 is 9.59 Å². The van der Waals surface area contributed by atoms with E-state index in [0.717, 1.165) is 11.4 Å². The van der Waals surface area contributed by atoms with Crippen LogP contribution in [0.3, 0.4) is 0 Å². The Morgan fingerprint density at radius 3 is 1.97 bits per heavy atom. The van der Waals surface area contributed by atoms with Crippen molar-refractivity contribution in [2.24, 2.45) is 0 Å². The molecule has 0 saturated heterocycles. The van der Waals surface area contributed by atoms with E-state index in [2.05, 4.69) is 46.9 Å². The first-order valence-electron chi connectivity index (χ1n) is 9.43. The number of anilines is 4. The third-order valence-corrected chi connectivity index (χ3v) is 4.32. The van der Waals surface area contributed by atoms with Crippen molar-refractivity contribution >= 4 is 34.6 Å². The molecule has 3 aromatic rings. The van der Waals surface area contributed by atoms with Gasteiger partial charge in [0, 0.05) is 35.9 Å². The number of nitrogens with zero attached hydrogens (tertiary/aromatic N) is 1. The van der Waals surface area contributed by atoms with Crippen LogP contribution >= 0.6 is 0 Å². The molecule has 0 aliphatic heterocycles. The van der Waals surface area contributed by atoms with Gasteiger partial charge in [-0.25, -0.2) is 0 Å². The molecule has 2 aromatic carbocycles. The lowest BCUT2D eigenvalue weighted by Crippen LogP contribution is -2.14. The van der Waals surface area contributed by atoms with Crippen molar-refractivity contribution in [3.63, 3.8) is 0 Å². The van der Waals surface area contributed by atoms with Crippen LogP contribution in [0.15, 0.2) is 66.9 Å². The summed E-state index contributed by atoms with van der Waals surface area (Å²) >= 11 is 0. The van der Waals surface area contributed by atoms with Crippen LogP contribution < -0.4 is 16.0 Å². The Labute approximate surface area is 170 Å². The van der Waals surface area contributed by atoms with Gasteiger partial charge >= 0.3 is 0 Å². The zero-order valence-electron chi connectivity index (χ0n) is 16.7. The van der Waals surface area contributed by atoms with Gasteiger partial charge in [-0.2, -0.15) is 0 Å². The second-order valence-electron chi connectivity index (χ2n) is 7.04. The zero-order chi connectivity index (χ0) is 20.8. The van der Waals surface area contributed by atoms with Crippen molar-refractivity contribution in [1.29, 1.82) is 0 Å². The van der Waals surface area contributed by atoms with E-state index in [4.69, 9.17) is 0 Å². The van der Waals surface area contributed by atoms with Crippen molar-refractivity contribution in [3.8, 4) is 0 Å². The van der Waals surface area contributed by atoms with Crippen LogP contribution in [0.1, 0.15) is 42.7 Å². The number of benzene rings is 2. The van der Waals surface area contributed by atoms with Gasteiger partial charge < -0.3 is 16.0 Å². The molecule has 3 rings (SSSR count). The molecule has 0 unspecified atom stereocenters. The third-order valence-electron chi connectivity index (χ3n) is 4.32. The highest BCUT2D eigenvalue weighted by Crippen LogP contribution is 2.21. The topological polar surface area (TPSA) is 83.1 Å². The van der Waals surface area contributed by atoms with Gasteiger partial charge in [0.1, 0.15) is 5.69 Å². The molecule has 2 amide bonds. The highest BCUT2D eigenvalue weighted by molar-refractivity contribution is 6.03. The quantitative estimate of drug-likeness (QED) is 0.545. The van der Waals surface area contributed by atoms with E-state index in [1.807, 2.05) is 18.2 Å². The van der Waals surface area contributed by atoms with Crippen molar-refractivity contribution in [2.75, 3.05) is 16.0 Å². The number of carbonyl (C=O) groups excluding carboxylic acids is 2. The van der Waals surface area contributed by atoms with Crippen molar-refractivity contribution in [2.45, 2.75) is 26.7 Å². The number of nitrogens with one attached hydrogen (secondary N) is 3. The number of rotatable bonds is 6. The van der Waals surface area contributed by atoms with Gasteiger partial charge in [-0.05, 0) is 60.0 Å². The molecule has 0 saturated carbocycles. The van der Waals surface area contributed by atoms with Gasteiger partial charge in [0.25, 0.3) is 5.91 Å². The Bertz CT molecular complexity index is 996. The molecule has 6 nitrogen and oxygen atoms in total. The summed E-state index contributed by atoms with van der Waals surface area (Å²) in [6.45, 7) is 5.76. The molecule has 0 radical (unpaired) electrons. The van der Waals surface area contributed by atoms with Gasteiger partial charge in [0.15, 0.2) is 0 Å². The van der Waals surface area contributed by atoms with Gasteiger partial charge in [0.2, 0.25) is 5.91 Å². The predicted octanol–water partition coefficient (Wildman–Crippen LogP) is 5.16. The lowest BCUT2D eigenvalue weighted by Gasteiger charge is -2.10. The number of amides is 2. The SMILES string of the molecule is CC(=O)Nc1ccc(NC(=O)c2cc(Nc3ccc(C(C)C)cc3)ccn2)cc1. The lowest BCUT2D eigenvalue weighted by molar-refractivity contribution is -0.114. The van der Waals surface area contributed by atoms with Gasteiger partial charge in [-0.3, -0.25) is 14.6 Å². The second kappa shape index (κ2) is 9.01. The maximum Gasteiger partial charge on any atom is 0.274 e. The molecule has 0 atom stereocenters. The number of hydrogen-bond donors (Lipinski definition) is 3. The van der Waals surface area contributed by atoms with Crippen molar-refractivity contribution in [1.82, 2.24) is 4.98 Å². The van der Waals surface area contributed by atoms with E-state index in [0.29, 0.717) is 23.0 Å². The summed E-state index contributed by atoms with van der Waals surface area (Å²) < 4.78 is 0. The average molecular weight is 388 g/mol. The first-order chi connectivity index (χ1) is 13.9. The lowest BCUT2D eigenvalue weighted by atomic mass is 10.0. The molecule has 0 fully saturated rings. The minimum atomic E-state index is -0.309. The van der Waals surface area contributed by atoms with Gasteiger partial charge in [-0.15, -0.1) is 0 Å². The number of carbonyl (C=O) groups is 2. The second-order valence-corrected chi connectivity index (χ2v) is 7.04. The monoisotopic (exact) mass is 388 g/mol. The standard InChI is InChI=1S/C23H24N4O2/c1-15(2)17-4-6-19(7-5-17)26-21-12-13-24-22(14-21)23(29)27-20-10-8-18(9-11-20)25-16(3)28/h4-15H,1-3H3,(H,24,26)(H,25,28)(H,27,29). The van der Waals surface area contributed by atoms with Crippen LogP contribution in [0.5, 0.6) is 0 Å². The van der Waals surface area contributed by atoms with E-state index in [9.17, 15) is 9.59 Å². The smallest absolute Gasteiger partial charge is 0.274 e. The fraction of sp³-hybridized carbons (Fsp3) is 0.174. The summed E-state index contributed by atoms with van der Waals surface area (Å²) in [5.41, 5.74) is 4.59. The summed E-state index contributed by atoms with van der Waals surface area (Å²) in [4.78, 5) is 27.8. The highest BCUT2D eigenvalue weighted by Gasteiger charge is 2.09. The van der Waals surface area contributed by atoms with E-state index in [-0.39, 0.29) is 11.8 Å². The van der Waals surface area contributed by atoms with Crippen LogP contribution in [0, 0.1) is 0 Å². The first kappa shape index (κ1) is 20.1. The molecule has 0 aliphatic rings. The minimum absolute atomic E-state index is 0.144. The maximum absolute atomic E-state index is 12.5. The summed E-state index contributed by atoms with van der Waals surface area (Å²) in [5, 5.41) is 8.79. The molecule has 0 bridgehead atoms. The molecule has 1 heterocycles. The molecule has 6 heteroatoms. The normalized spacial score (nSPS) is 10.5. The zero-order valence-corrected chi connectivity index (χ0v) is 16.7. The van der Waals surface area contributed by atoms with Gasteiger partial charge in [-0.1, -0.05) is 26.0 Å². The Hall–Kier alpha value is -3.67.